The van der Waals surface area contributed by atoms with Crippen LogP contribution in [0, 0.1) is 0 Å². The van der Waals surface area contributed by atoms with Gasteiger partial charge in [0.15, 0.2) is 28.4 Å². The molecule has 0 unspecified atom stereocenters. The lowest BCUT2D eigenvalue weighted by molar-refractivity contribution is -0.142. The van der Waals surface area contributed by atoms with E-state index in [2.05, 4.69) is 49.9 Å². The van der Waals surface area contributed by atoms with Gasteiger partial charge in [-0.1, -0.05) is 60.1 Å². The minimum absolute atomic E-state index is 0.0600. The molecule has 0 saturated carbocycles. The zero-order chi connectivity index (χ0) is 32.9. The monoisotopic (exact) mass is 637 g/mol. The number of carbonyl (C=O) groups excluding carboxylic acids is 2. The maximum Gasteiger partial charge on any atom is 0.326 e. The number of aliphatic imine (C=N–C) groups is 1. The lowest BCUT2D eigenvalue weighted by Gasteiger charge is -2.17. The molecule has 1 atom stereocenters. The fraction of sp³-hybridized carbons (Fsp3) is 0.355. The van der Waals surface area contributed by atoms with Gasteiger partial charge >= 0.3 is 5.97 Å². The van der Waals surface area contributed by atoms with E-state index in [1.807, 2.05) is 43.3 Å². The van der Waals surface area contributed by atoms with Crippen molar-refractivity contribution in [3.05, 3.63) is 70.5 Å². The van der Waals surface area contributed by atoms with Gasteiger partial charge in [0.2, 0.25) is 5.91 Å². The number of aryl methyl sites for hydroxylation is 2. The maximum atomic E-state index is 12.3. The molecule has 0 radical (unpaired) electrons. The summed E-state index contributed by atoms with van der Waals surface area (Å²) in [6.45, 7) is 1.00. The molecule has 45 heavy (non-hydrogen) atoms. The second-order valence-electron chi connectivity index (χ2n) is 10.8. The van der Waals surface area contributed by atoms with Crippen molar-refractivity contribution in [2.45, 2.75) is 44.6 Å². The number of nitrogens with two attached hydrogens (primary N) is 3. The third-order valence-corrected chi connectivity index (χ3v) is 7.18. The summed E-state index contributed by atoms with van der Waals surface area (Å²) in [5, 5.41) is 14.3. The molecule has 2 amide bonds. The zero-order valence-electron chi connectivity index (χ0n) is 25.4. The smallest absolute Gasteiger partial charge is 0.326 e. The number of guanidine groups is 1. The van der Waals surface area contributed by atoms with Crippen molar-refractivity contribution in [3.8, 4) is 11.1 Å². The van der Waals surface area contributed by atoms with E-state index in [9.17, 15) is 19.5 Å². The third-order valence-electron chi connectivity index (χ3n) is 6.90. The topological polar surface area (TPSA) is 215 Å². The van der Waals surface area contributed by atoms with Gasteiger partial charge in [-0.2, -0.15) is 0 Å². The molecule has 1 aromatic heterocycles. The van der Waals surface area contributed by atoms with Crippen LogP contribution in [0.3, 0.4) is 0 Å². The Bertz CT molecular complexity index is 1500. The summed E-state index contributed by atoms with van der Waals surface area (Å²) in [4.78, 5) is 49.7. The molecule has 0 saturated heterocycles. The first-order valence-electron chi connectivity index (χ1n) is 14.5. The van der Waals surface area contributed by atoms with Gasteiger partial charge in [0.1, 0.15) is 6.04 Å². The van der Waals surface area contributed by atoms with E-state index in [1.54, 1.807) is 0 Å². The first kappa shape index (κ1) is 34.7. The standard InChI is InChI=1S/C31H40ClN9O4/c1-41(2)18-16-23(30(44)45)37-24(42)15-10-20-8-13-22(14-9-20)21-11-6-19(7-12-21)5-3-4-17-36-31(35)40-29(43)25-27(33)39-28(34)26(32)38-25/h6-9,11-14,23H,3-5,10,15-18H2,1-2H3,(H,37,42)(H,44,45)(H4,33,34,39)(H3,35,36,40,43)/t23-/m0/s1. The molecule has 0 bridgehead atoms. The van der Waals surface area contributed by atoms with E-state index < -0.39 is 17.9 Å². The number of carbonyl (C=O) groups is 3. The van der Waals surface area contributed by atoms with Crippen molar-refractivity contribution in [3.63, 3.8) is 0 Å². The Kier molecular flexibility index (Phi) is 13.1. The quantitative estimate of drug-likeness (QED) is 0.0813. The zero-order valence-corrected chi connectivity index (χ0v) is 26.2. The average Bonchev–Trinajstić information content (AvgIpc) is 3.00. The first-order valence-corrected chi connectivity index (χ1v) is 14.9. The number of nitrogens with zero attached hydrogens (tertiary/aromatic N) is 4. The molecule has 9 N–H and O–H groups in total. The van der Waals surface area contributed by atoms with Crippen LogP contribution in [0.4, 0.5) is 11.6 Å². The van der Waals surface area contributed by atoms with Crippen molar-refractivity contribution in [1.82, 2.24) is 25.5 Å². The molecule has 0 aliphatic heterocycles. The van der Waals surface area contributed by atoms with Crippen LogP contribution in [-0.2, 0) is 22.4 Å². The van der Waals surface area contributed by atoms with Crippen LogP contribution in [0.5, 0.6) is 0 Å². The van der Waals surface area contributed by atoms with E-state index in [-0.39, 0.29) is 40.8 Å². The Balaban J connectivity index is 1.40. The number of carboxylic acid groups (broad SMARTS) is 1. The number of anilines is 2. The van der Waals surface area contributed by atoms with Crippen LogP contribution in [0.2, 0.25) is 5.15 Å². The summed E-state index contributed by atoms with van der Waals surface area (Å²) in [5.74, 6) is -2.27. The summed E-state index contributed by atoms with van der Waals surface area (Å²) in [5.41, 5.74) is 21.2. The van der Waals surface area contributed by atoms with Gasteiger partial charge < -0.3 is 32.5 Å². The molecule has 14 heteroatoms. The number of halogens is 1. The molecule has 240 valence electrons. The van der Waals surface area contributed by atoms with Gasteiger partial charge in [0.05, 0.1) is 0 Å². The lowest BCUT2D eigenvalue weighted by Crippen LogP contribution is -2.42. The van der Waals surface area contributed by atoms with Gasteiger partial charge in [-0.3, -0.25) is 19.9 Å². The number of aromatic nitrogens is 2. The Hall–Kier alpha value is -4.75. The number of rotatable bonds is 15. The highest BCUT2D eigenvalue weighted by molar-refractivity contribution is 6.31. The second-order valence-corrected chi connectivity index (χ2v) is 11.1. The van der Waals surface area contributed by atoms with Crippen LogP contribution in [0.25, 0.3) is 11.1 Å². The molecular weight excluding hydrogens is 598 g/mol. The molecule has 0 aliphatic rings. The van der Waals surface area contributed by atoms with Crippen LogP contribution >= 0.6 is 11.6 Å². The number of aliphatic carboxylic acids is 1. The third kappa shape index (κ3) is 11.4. The summed E-state index contributed by atoms with van der Waals surface area (Å²) >= 11 is 5.81. The Labute approximate surface area is 267 Å². The summed E-state index contributed by atoms with van der Waals surface area (Å²) in [6, 6.07) is 15.4. The Morgan fingerprint density at radius 3 is 2.11 bits per heavy atom. The van der Waals surface area contributed by atoms with Crippen LogP contribution in [0.15, 0.2) is 53.5 Å². The van der Waals surface area contributed by atoms with Crippen molar-refractivity contribution < 1.29 is 19.5 Å². The molecule has 0 aliphatic carbocycles. The second kappa shape index (κ2) is 16.9. The number of hydrogen-bond donors (Lipinski definition) is 6. The normalized spacial score (nSPS) is 12.1. The highest BCUT2D eigenvalue weighted by Crippen LogP contribution is 2.22. The Morgan fingerprint density at radius 2 is 1.53 bits per heavy atom. The van der Waals surface area contributed by atoms with Crippen molar-refractivity contribution in [2.24, 2.45) is 10.7 Å². The molecule has 0 fully saturated rings. The van der Waals surface area contributed by atoms with Gasteiger partial charge in [0, 0.05) is 19.5 Å². The van der Waals surface area contributed by atoms with Crippen molar-refractivity contribution in [1.29, 1.82) is 0 Å². The molecule has 1 heterocycles. The first-order chi connectivity index (χ1) is 21.4. The van der Waals surface area contributed by atoms with Gasteiger partial charge in [-0.05, 0) is 68.5 Å². The molecule has 3 rings (SSSR count). The predicted octanol–water partition coefficient (Wildman–Crippen LogP) is 2.48. The number of unbranched alkanes of at least 4 members (excludes halogenated alkanes) is 1. The fourth-order valence-electron chi connectivity index (χ4n) is 4.36. The van der Waals surface area contributed by atoms with Crippen LogP contribution in [-0.4, -0.2) is 76.9 Å². The molecule has 13 nitrogen and oxygen atoms in total. The average molecular weight is 638 g/mol. The molecule has 3 aromatic rings. The number of amides is 2. The summed E-state index contributed by atoms with van der Waals surface area (Å²) in [6.07, 6.45) is 3.59. The molecule has 2 aromatic carbocycles. The van der Waals surface area contributed by atoms with Crippen molar-refractivity contribution in [2.75, 3.05) is 38.7 Å². The van der Waals surface area contributed by atoms with Gasteiger partial charge in [0.25, 0.3) is 5.91 Å². The number of nitrogen functional groups attached to an aromatic ring is 2. The van der Waals surface area contributed by atoms with E-state index in [0.29, 0.717) is 25.9 Å². The predicted molar refractivity (Wildman–Crippen MR) is 176 cm³/mol. The van der Waals surface area contributed by atoms with Crippen LogP contribution < -0.4 is 27.8 Å². The fourth-order valence-corrected chi connectivity index (χ4v) is 4.49. The lowest BCUT2D eigenvalue weighted by atomic mass is 9.99. The minimum Gasteiger partial charge on any atom is -0.480 e. The minimum atomic E-state index is -1.02. The van der Waals surface area contributed by atoms with E-state index >= 15 is 0 Å². The van der Waals surface area contributed by atoms with E-state index in [1.165, 1.54) is 5.56 Å². The highest BCUT2D eigenvalue weighted by Gasteiger charge is 2.20. The van der Waals surface area contributed by atoms with E-state index in [0.717, 1.165) is 36.0 Å². The number of hydrogen-bond acceptors (Lipinski definition) is 9. The molecule has 0 spiro atoms. The maximum absolute atomic E-state index is 12.3. The SMILES string of the molecule is CN(C)CC[C@H](NC(=O)CCc1ccc(-c2ccc(CCCCN=C(N)NC(=O)c3nc(Cl)c(N)nc3N)cc2)cc1)C(=O)O. The number of nitrogens with one attached hydrogen (secondary N) is 2. The van der Waals surface area contributed by atoms with Crippen LogP contribution in [0.1, 0.15) is 47.3 Å². The van der Waals surface area contributed by atoms with E-state index in [4.69, 9.17) is 28.8 Å². The summed E-state index contributed by atoms with van der Waals surface area (Å²) in [7, 11) is 3.72. The number of carboxylic acids is 1. The summed E-state index contributed by atoms with van der Waals surface area (Å²) < 4.78 is 0. The largest absolute Gasteiger partial charge is 0.480 e. The van der Waals surface area contributed by atoms with Gasteiger partial charge in [-0.25, -0.2) is 14.8 Å². The van der Waals surface area contributed by atoms with Crippen molar-refractivity contribution >= 4 is 47.0 Å². The van der Waals surface area contributed by atoms with Gasteiger partial charge in [-0.15, -0.1) is 0 Å². The number of benzene rings is 2. The Morgan fingerprint density at radius 1 is 0.933 bits per heavy atom. The highest BCUT2D eigenvalue weighted by atomic mass is 35.5. The molecular formula is C31H40ClN9O4.